The summed E-state index contributed by atoms with van der Waals surface area (Å²) in [6.45, 7) is -0.909. The van der Waals surface area contributed by atoms with E-state index in [0.717, 1.165) is 12.1 Å². The molecule has 0 aliphatic carbocycles. The number of rotatable bonds is 2. The third-order valence-corrected chi connectivity index (χ3v) is 2.67. The molecule has 2 aromatic rings. The molecule has 0 aromatic heterocycles. The quantitative estimate of drug-likeness (QED) is 0.806. The van der Waals surface area contributed by atoms with Gasteiger partial charge in [0.1, 0.15) is 0 Å². The molecule has 1 nitrogen and oxygen atoms in total. The van der Waals surface area contributed by atoms with Crippen molar-refractivity contribution in [3.05, 3.63) is 60.2 Å². The fourth-order valence-corrected chi connectivity index (χ4v) is 1.68. The van der Waals surface area contributed by atoms with Crippen molar-refractivity contribution in [2.24, 2.45) is 0 Å². The van der Waals surface area contributed by atoms with E-state index in [9.17, 15) is 18.2 Å². The maximum absolute atomic E-state index is 12.4. The van der Waals surface area contributed by atoms with E-state index in [1.165, 1.54) is 12.1 Å². The second-order valence-electron chi connectivity index (χ2n) is 3.93. The van der Waals surface area contributed by atoms with Crippen LogP contribution < -0.4 is 10.9 Å². The summed E-state index contributed by atoms with van der Waals surface area (Å²) in [4.78, 5) is 0. The lowest BCUT2D eigenvalue weighted by Gasteiger charge is -2.10. The Morgan fingerprint density at radius 2 is 1.28 bits per heavy atom. The van der Waals surface area contributed by atoms with Gasteiger partial charge in [-0.3, -0.25) is 0 Å². The largest absolute Gasteiger partial charge is 0.443 e. The maximum Gasteiger partial charge on any atom is 0.416 e. The van der Waals surface area contributed by atoms with E-state index in [-0.39, 0.29) is 0 Å². The van der Waals surface area contributed by atoms with Gasteiger partial charge in [-0.25, -0.2) is 0 Å². The normalized spacial score (nSPS) is 11.3. The van der Waals surface area contributed by atoms with Crippen LogP contribution in [0.2, 0.25) is 0 Å². The second-order valence-corrected chi connectivity index (χ2v) is 3.93. The fourth-order valence-electron chi connectivity index (χ4n) is 1.68. The van der Waals surface area contributed by atoms with Crippen LogP contribution in [-0.2, 0) is 6.18 Å². The minimum absolute atomic E-state index is 0.439. The molecule has 18 heavy (non-hydrogen) atoms. The zero-order chi connectivity index (χ0) is 13.2. The first-order valence-corrected chi connectivity index (χ1v) is 5.38. The lowest BCUT2D eigenvalue weighted by molar-refractivity contribution is -0.137. The van der Waals surface area contributed by atoms with Crippen molar-refractivity contribution < 1.29 is 18.2 Å². The molecule has 0 radical (unpaired) electrons. The molecule has 0 spiro atoms. The van der Waals surface area contributed by atoms with Crippen molar-refractivity contribution in [3.63, 3.8) is 0 Å². The first-order chi connectivity index (χ1) is 8.48. The van der Waals surface area contributed by atoms with Crippen LogP contribution in [0, 0.1) is 0 Å². The van der Waals surface area contributed by atoms with Gasteiger partial charge in [0, 0.05) is 0 Å². The van der Waals surface area contributed by atoms with Gasteiger partial charge in [-0.15, -0.1) is 0 Å². The van der Waals surface area contributed by atoms with Crippen LogP contribution in [0.5, 0.6) is 0 Å². The second kappa shape index (κ2) is 4.86. The van der Waals surface area contributed by atoms with E-state index in [1.54, 1.807) is 24.3 Å². The monoisotopic (exact) mass is 250 g/mol. The predicted octanol–water partition coefficient (Wildman–Crippen LogP) is 1.80. The molecule has 0 unspecified atom stereocenters. The molecule has 0 saturated heterocycles. The first kappa shape index (κ1) is 12.7. The number of hydrogen-bond donors (Lipinski definition) is 1. The molecule has 92 valence electrons. The molecule has 2 aromatic carbocycles. The summed E-state index contributed by atoms with van der Waals surface area (Å²) >= 11 is 0. The first-order valence-electron chi connectivity index (χ1n) is 5.38. The standard InChI is InChI=1S/C13H10BF3O/c15-13(16,17)10-6-8-12(9-7-10)14(18)11-4-2-1-3-5-11/h1-9,18H. The Balaban J connectivity index is 2.25. The van der Waals surface area contributed by atoms with Crippen molar-refractivity contribution >= 4 is 17.8 Å². The van der Waals surface area contributed by atoms with Crippen LogP contribution in [0.25, 0.3) is 0 Å². The molecule has 0 atom stereocenters. The van der Waals surface area contributed by atoms with Gasteiger partial charge in [-0.05, 0) is 10.9 Å². The summed E-state index contributed by atoms with van der Waals surface area (Å²) < 4.78 is 37.1. The average molecular weight is 250 g/mol. The van der Waals surface area contributed by atoms with E-state index in [1.807, 2.05) is 6.07 Å². The molecule has 0 aliphatic rings. The fraction of sp³-hybridized carbons (Fsp3) is 0.0769. The van der Waals surface area contributed by atoms with Crippen LogP contribution in [-0.4, -0.2) is 11.9 Å². The van der Waals surface area contributed by atoms with Crippen LogP contribution in [0.3, 0.4) is 0 Å². The molecule has 0 aliphatic heterocycles. The Labute approximate surface area is 103 Å². The Bertz CT molecular complexity index is 508. The average Bonchev–Trinajstić information content (AvgIpc) is 2.38. The number of halogens is 3. The molecular formula is C13H10BF3O. The van der Waals surface area contributed by atoms with Crippen molar-refractivity contribution in [2.45, 2.75) is 6.18 Å². The van der Waals surface area contributed by atoms with Crippen LogP contribution >= 0.6 is 0 Å². The summed E-state index contributed by atoms with van der Waals surface area (Å²) in [5, 5.41) is 10.0. The van der Waals surface area contributed by atoms with Crippen molar-refractivity contribution in [2.75, 3.05) is 0 Å². The molecule has 2 rings (SSSR count). The lowest BCUT2D eigenvalue weighted by Crippen LogP contribution is -2.42. The number of alkyl halides is 3. The Hall–Kier alpha value is -1.75. The highest BCUT2D eigenvalue weighted by atomic mass is 19.4. The molecule has 1 N–H and O–H groups in total. The molecule has 0 bridgehead atoms. The van der Waals surface area contributed by atoms with Gasteiger partial charge >= 0.3 is 13.1 Å². The van der Waals surface area contributed by atoms with Gasteiger partial charge in [-0.1, -0.05) is 54.6 Å². The van der Waals surface area contributed by atoms with Crippen LogP contribution in [0.1, 0.15) is 5.56 Å². The van der Waals surface area contributed by atoms with E-state index in [4.69, 9.17) is 0 Å². The van der Waals surface area contributed by atoms with E-state index in [2.05, 4.69) is 0 Å². The van der Waals surface area contributed by atoms with Gasteiger partial charge < -0.3 is 5.02 Å². The Morgan fingerprint density at radius 1 is 0.778 bits per heavy atom. The molecule has 0 saturated carbocycles. The molecule has 0 amide bonds. The third-order valence-electron chi connectivity index (χ3n) is 2.67. The zero-order valence-electron chi connectivity index (χ0n) is 9.35. The van der Waals surface area contributed by atoms with Gasteiger partial charge in [0.25, 0.3) is 0 Å². The summed E-state index contributed by atoms with van der Waals surface area (Å²) in [5.74, 6) is 0. The van der Waals surface area contributed by atoms with Crippen molar-refractivity contribution in [1.82, 2.24) is 0 Å². The van der Waals surface area contributed by atoms with Gasteiger partial charge in [0.2, 0.25) is 0 Å². The lowest BCUT2D eigenvalue weighted by atomic mass is 9.56. The summed E-state index contributed by atoms with van der Waals surface area (Å²) in [7, 11) is 0. The zero-order valence-corrected chi connectivity index (χ0v) is 9.35. The van der Waals surface area contributed by atoms with Crippen molar-refractivity contribution in [3.8, 4) is 0 Å². The summed E-state index contributed by atoms with van der Waals surface area (Å²) in [6, 6.07) is 13.3. The highest BCUT2D eigenvalue weighted by molar-refractivity contribution is 6.78. The SMILES string of the molecule is OB(c1ccccc1)c1ccc(C(F)(F)F)cc1. The molecule has 0 fully saturated rings. The van der Waals surface area contributed by atoms with E-state index >= 15 is 0 Å². The van der Waals surface area contributed by atoms with Gasteiger partial charge in [0.05, 0.1) is 5.56 Å². The topological polar surface area (TPSA) is 20.2 Å². The molecular weight excluding hydrogens is 240 g/mol. The van der Waals surface area contributed by atoms with E-state index < -0.39 is 18.7 Å². The number of benzene rings is 2. The maximum atomic E-state index is 12.4. The summed E-state index contributed by atoms with van der Waals surface area (Å²) in [6.07, 6.45) is -4.35. The van der Waals surface area contributed by atoms with Gasteiger partial charge in [0.15, 0.2) is 0 Å². The van der Waals surface area contributed by atoms with Crippen LogP contribution in [0.15, 0.2) is 54.6 Å². The number of hydrogen-bond acceptors (Lipinski definition) is 1. The molecule has 5 heteroatoms. The predicted molar refractivity (Wildman–Crippen MR) is 65.1 cm³/mol. The minimum atomic E-state index is -4.35. The summed E-state index contributed by atoms with van der Waals surface area (Å²) in [5.41, 5.74) is 0.373. The third kappa shape index (κ3) is 2.74. The molecule has 0 heterocycles. The Morgan fingerprint density at radius 3 is 1.78 bits per heavy atom. The van der Waals surface area contributed by atoms with Crippen molar-refractivity contribution in [1.29, 1.82) is 0 Å². The van der Waals surface area contributed by atoms with Gasteiger partial charge in [-0.2, -0.15) is 13.2 Å². The highest BCUT2D eigenvalue weighted by Crippen LogP contribution is 2.28. The van der Waals surface area contributed by atoms with Crippen LogP contribution in [0.4, 0.5) is 13.2 Å². The highest BCUT2D eigenvalue weighted by Gasteiger charge is 2.30. The Kier molecular flexibility index (Phi) is 3.43. The minimum Gasteiger partial charge on any atom is -0.443 e. The smallest absolute Gasteiger partial charge is 0.416 e. The van der Waals surface area contributed by atoms with E-state index in [0.29, 0.717) is 10.9 Å².